The summed E-state index contributed by atoms with van der Waals surface area (Å²) in [5.41, 5.74) is 2.14. The molecule has 2 heterocycles. The molecule has 0 radical (unpaired) electrons. The molecule has 1 aliphatic carbocycles. The van der Waals surface area contributed by atoms with Gasteiger partial charge in [0.05, 0.1) is 6.10 Å². The lowest BCUT2D eigenvalue weighted by Crippen LogP contribution is -2.29. The fourth-order valence-electron chi connectivity index (χ4n) is 3.48. The Labute approximate surface area is 164 Å². The van der Waals surface area contributed by atoms with Crippen LogP contribution in [0.15, 0.2) is 42.5 Å². The molecule has 0 saturated heterocycles. The van der Waals surface area contributed by atoms with Crippen LogP contribution in [0.1, 0.15) is 37.5 Å². The molecule has 4 rings (SSSR count). The van der Waals surface area contributed by atoms with E-state index in [1.807, 2.05) is 30.3 Å². The van der Waals surface area contributed by atoms with Gasteiger partial charge in [0.15, 0.2) is 5.65 Å². The summed E-state index contributed by atoms with van der Waals surface area (Å²) in [5.74, 6) is 1.25. The van der Waals surface area contributed by atoms with Gasteiger partial charge in [0, 0.05) is 25.8 Å². The van der Waals surface area contributed by atoms with Gasteiger partial charge >= 0.3 is 0 Å². The highest BCUT2D eigenvalue weighted by atomic mass is 16.3. The number of fused-ring (bicyclic) bond motifs is 1. The van der Waals surface area contributed by atoms with Crippen LogP contribution in [-0.4, -0.2) is 44.8 Å². The molecule has 4 N–H and O–H groups in total. The van der Waals surface area contributed by atoms with Crippen molar-refractivity contribution in [2.24, 2.45) is 0 Å². The molecule has 0 bridgehead atoms. The largest absolute Gasteiger partial charge is 0.393 e. The summed E-state index contributed by atoms with van der Waals surface area (Å²) in [5, 5.41) is 23.6. The maximum Gasteiger partial charge on any atom is 0.251 e. The van der Waals surface area contributed by atoms with E-state index in [0.717, 1.165) is 42.8 Å². The highest BCUT2D eigenvalue weighted by Gasteiger charge is 2.20. The zero-order chi connectivity index (χ0) is 19.5. The average Bonchev–Trinajstić information content (AvgIpc) is 3.13. The van der Waals surface area contributed by atoms with Gasteiger partial charge in [-0.1, -0.05) is 6.07 Å². The number of pyridine rings is 1. The Kier molecular flexibility index (Phi) is 5.12. The molecule has 148 valence electrons. The van der Waals surface area contributed by atoms with Crippen LogP contribution in [0.3, 0.4) is 0 Å². The third-order valence-electron chi connectivity index (χ3n) is 5.04. The van der Waals surface area contributed by atoms with Gasteiger partial charge in [-0.15, -0.1) is 5.10 Å². The molecule has 1 amide bonds. The molecule has 2 aromatic heterocycles. The van der Waals surface area contributed by atoms with Gasteiger partial charge in [-0.3, -0.25) is 4.79 Å². The minimum Gasteiger partial charge on any atom is -0.393 e. The predicted octanol–water partition coefficient (Wildman–Crippen LogP) is 2.79. The monoisotopic (exact) mass is 382 g/mol. The highest BCUT2D eigenvalue weighted by molar-refractivity contribution is 5.94. The van der Waals surface area contributed by atoms with Gasteiger partial charge in [0.25, 0.3) is 5.91 Å². The van der Waals surface area contributed by atoms with E-state index in [4.69, 9.17) is 0 Å². The molecule has 1 aliphatic rings. The van der Waals surface area contributed by atoms with Crippen molar-refractivity contribution in [3.63, 3.8) is 0 Å². The van der Waals surface area contributed by atoms with Gasteiger partial charge < -0.3 is 21.1 Å². The zero-order valence-corrected chi connectivity index (χ0v) is 15.7. The third-order valence-corrected chi connectivity index (χ3v) is 5.04. The van der Waals surface area contributed by atoms with Crippen molar-refractivity contribution in [2.75, 3.05) is 17.7 Å². The lowest BCUT2D eigenvalue weighted by atomic mass is 9.93. The van der Waals surface area contributed by atoms with E-state index in [0.29, 0.717) is 17.6 Å². The zero-order valence-electron chi connectivity index (χ0n) is 15.7. The molecule has 1 saturated carbocycles. The van der Waals surface area contributed by atoms with Gasteiger partial charge in [0.2, 0.25) is 5.95 Å². The second-order valence-electron chi connectivity index (χ2n) is 7.05. The van der Waals surface area contributed by atoms with Crippen molar-refractivity contribution in [2.45, 2.75) is 37.8 Å². The number of aromatic nitrogens is 3. The average molecular weight is 382 g/mol. The van der Waals surface area contributed by atoms with Gasteiger partial charge in [-0.25, -0.2) is 0 Å². The first kappa shape index (κ1) is 18.2. The molecular weight excluding hydrogens is 356 g/mol. The highest BCUT2D eigenvalue weighted by Crippen LogP contribution is 2.23. The van der Waals surface area contributed by atoms with E-state index >= 15 is 0 Å². The van der Waals surface area contributed by atoms with E-state index in [9.17, 15) is 9.90 Å². The van der Waals surface area contributed by atoms with Gasteiger partial charge in [-0.05, 0) is 62.1 Å². The molecular formula is C20H26N6O2. The SMILES string of the molecule is CNC(=O)c1ccc(Nc2nc3cccc(NC4CCC(O)CC4)n3n2)cc1.[HH]. The van der Waals surface area contributed by atoms with Crippen LogP contribution in [0, 0.1) is 0 Å². The Bertz CT molecular complexity index is 967. The maximum atomic E-state index is 11.6. The standard InChI is InChI=1S/C20H24N6O2.H2/c1-21-19(28)13-5-7-15(8-6-13)23-20-24-18-4-2-3-17(26(18)25-20)22-14-9-11-16(27)12-10-14;/h2-8,14,16,22,27H,9-12H2,1H3,(H,21,28)(H,23,25);1H. The number of nitrogens with zero attached hydrogens (tertiary/aromatic N) is 3. The summed E-state index contributed by atoms with van der Waals surface area (Å²) < 4.78 is 1.78. The number of hydrogen-bond donors (Lipinski definition) is 4. The number of aliphatic hydroxyl groups excluding tert-OH is 1. The number of hydrogen-bond acceptors (Lipinski definition) is 6. The van der Waals surface area contributed by atoms with Gasteiger partial charge in [-0.2, -0.15) is 9.50 Å². The second-order valence-corrected chi connectivity index (χ2v) is 7.05. The topological polar surface area (TPSA) is 104 Å². The van der Waals surface area contributed by atoms with Crippen molar-refractivity contribution in [1.82, 2.24) is 19.9 Å². The fraction of sp³-hybridized carbons (Fsp3) is 0.350. The minimum absolute atomic E-state index is 0. The number of rotatable bonds is 5. The summed E-state index contributed by atoms with van der Waals surface area (Å²) in [4.78, 5) is 16.2. The number of aliphatic hydroxyl groups is 1. The number of amides is 1. The van der Waals surface area contributed by atoms with Crippen LogP contribution in [0.4, 0.5) is 17.5 Å². The third kappa shape index (κ3) is 3.91. The first-order valence-electron chi connectivity index (χ1n) is 9.52. The Balaban J connectivity index is 0.00000240. The number of anilines is 3. The molecule has 0 atom stereocenters. The Morgan fingerprint density at radius 2 is 1.89 bits per heavy atom. The molecule has 8 nitrogen and oxygen atoms in total. The first-order chi connectivity index (χ1) is 13.6. The molecule has 28 heavy (non-hydrogen) atoms. The summed E-state index contributed by atoms with van der Waals surface area (Å²) in [6.07, 6.45) is 3.35. The molecule has 8 heteroatoms. The number of carbonyl (C=O) groups is 1. The Morgan fingerprint density at radius 3 is 2.61 bits per heavy atom. The molecule has 1 fully saturated rings. The van der Waals surface area contributed by atoms with Crippen LogP contribution in [0.5, 0.6) is 0 Å². The number of benzene rings is 1. The molecule has 0 unspecified atom stereocenters. The normalized spacial score (nSPS) is 19.4. The summed E-state index contributed by atoms with van der Waals surface area (Å²) >= 11 is 0. The van der Waals surface area contributed by atoms with Crippen LogP contribution < -0.4 is 16.0 Å². The lowest BCUT2D eigenvalue weighted by molar-refractivity contribution is 0.0963. The first-order valence-corrected chi connectivity index (χ1v) is 9.52. The van der Waals surface area contributed by atoms with Crippen LogP contribution >= 0.6 is 0 Å². The molecule has 1 aromatic carbocycles. The maximum absolute atomic E-state index is 11.6. The van der Waals surface area contributed by atoms with Crippen molar-refractivity contribution < 1.29 is 11.3 Å². The van der Waals surface area contributed by atoms with Crippen LogP contribution in [-0.2, 0) is 0 Å². The number of carbonyl (C=O) groups excluding carboxylic acids is 1. The summed E-state index contributed by atoms with van der Waals surface area (Å²) in [7, 11) is 1.61. The van der Waals surface area contributed by atoms with Crippen molar-refractivity contribution in [3.8, 4) is 0 Å². The van der Waals surface area contributed by atoms with E-state index in [1.54, 1.807) is 23.7 Å². The summed E-state index contributed by atoms with van der Waals surface area (Å²) in [6.45, 7) is 0. The summed E-state index contributed by atoms with van der Waals surface area (Å²) in [6, 6.07) is 13.3. The van der Waals surface area contributed by atoms with E-state index in [-0.39, 0.29) is 13.4 Å². The second kappa shape index (κ2) is 7.85. The fourth-order valence-corrected chi connectivity index (χ4v) is 3.48. The van der Waals surface area contributed by atoms with Crippen LogP contribution in [0.25, 0.3) is 5.65 Å². The molecule has 0 spiro atoms. The molecule has 0 aliphatic heterocycles. The Morgan fingerprint density at radius 1 is 1.14 bits per heavy atom. The lowest BCUT2D eigenvalue weighted by Gasteiger charge is -2.26. The smallest absolute Gasteiger partial charge is 0.251 e. The van der Waals surface area contributed by atoms with Crippen LogP contribution in [0.2, 0.25) is 0 Å². The predicted molar refractivity (Wildman–Crippen MR) is 110 cm³/mol. The van der Waals surface area contributed by atoms with E-state index < -0.39 is 0 Å². The minimum atomic E-state index is -0.175. The Hall–Kier alpha value is -3.13. The van der Waals surface area contributed by atoms with Crippen molar-refractivity contribution in [3.05, 3.63) is 48.0 Å². The van der Waals surface area contributed by atoms with Crippen molar-refractivity contribution >= 4 is 29.0 Å². The van der Waals surface area contributed by atoms with E-state index in [2.05, 4.69) is 26.0 Å². The number of nitrogens with one attached hydrogen (secondary N) is 3. The van der Waals surface area contributed by atoms with E-state index in [1.165, 1.54) is 0 Å². The van der Waals surface area contributed by atoms with Crippen molar-refractivity contribution in [1.29, 1.82) is 0 Å². The van der Waals surface area contributed by atoms with Gasteiger partial charge in [0.1, 0.15) is 5.82 Å². The molecule has 3 aromatic rings. The quantitative estimate of drug-likeness (QED) is 0.541.